The molecule has 1 heteroatoms. The molecule has 0 N–H and O–H groups in total. The quantitative estimate of drug-likeness (QED) is 0.583. The van der Waals surface area contributed by atoms with Gasteiger partial charge in [0.1, 0.15) is 5.76 Å². The van der Waals surface area contributed by atoms with Gasteiger partial charge in [-0.05, 0) is 37.2 Å². The van der Waals surface area contributed by atoms with E-state index in [4.69, 9.17) is 4.74 Å². The Morgan fingerprint density at radius 2 is 2.00 bits per heavy atom. The topological polar surface area (TPSA) is 9.23 Å². The van der Waals surface area contributed by atoms with Crippen molar-refractivity contribution in [2.45, 2.75) is 41.0 Å². The highest BCUT2D eigenvalue weighted by Gasteiger charge is 2.43. The Bertz CT molecular complexity index is 333. The highest BCUT2D eigenvalue weighted by atomic mass is 16.5. The molecule has 0 bridgehead atoms. The molecule has 0 amide bonds. The molecule has 1 aliphatic carbocycles. The van der Waals surface area contributed by atoms with Gasteiger partial charge in [0.2, 0.25) is 0 Å². The van der Waals surface area contributed by atoms with Crippen molar-refractivity contribution < 1.29 is 4.74 Å². The van der Waals surface area contributed by atoms with E-state index < -0.39 is 0 Å². The van der Waals surface area contributed by atoms with Crippen LogP contribution in [0.25, 0.3) is 0 Å². The van der Waals surface area contributed by atoms with Crippen LogP contribution in [-0.4, -0.2) is 6.61 Å². The van der Waals surface area contributed by atoms with Crippen molar-refractivity contribution in [2.75, 3.05) is 6.61 Å². The maximum Gasteiger partial charge on any atom is 0.103 e. The van der Waals surface area contributed by atoms with Gasteiger partial charge in [-0.3, -0.25) is 0 Å². The molecule has 0 aromatic carbocycles. The third-order valence-electron chi connectivity index (χ3n) is 4.30. The van der Waals surface area contributed by atoms with Crippen molar-refractivity contribution >= 4 is 0 Å². The molecule has 1 nitrogen and oxygen atoms in total. The number of ether oxygens (including phenoxy) is 1. The molecule has 84 valence electrons. The third kappa shape index (κ3) is 1.53. The Labute approximate surface area is 93.2 Å². The molecular formula is C14H22O. The number of hydrogen-bond acceptors (Lipinski definition) is 1. The first-order valence-corrected chi connectivity index (χ1v) is 5.97. The minimum absolute atomic E-state index is 0.259. The Kier molecular flexibility index (Phi) is 2.44. The average Bonchev–Trinajstić information content (AvgIpc) is 2.14. The normalized spacial score (nSPS) is 34.3. The number of fused-ring (bicyclic) bond motifs is 1. The Balaban J connectivity index is 2.48. The summed E-state index contributed by atoms with van der Waals surface area (Å²) in [6.45, 7) is 12.4. The molecule has 1 fully saturated rings. The number of rotatable bonds is 0. The highest BCUT2D eigenvalue weighted by Crippen LogP contribution is 2.50. The summed E-state index contributed by atoms with van der Waals surface area (Å²) in [7, 11) is 0. The third-order valence-corrected chi connectivity index (χ3v) is 4.30. The van der Waals surface area contributed by atoms with Gasteiger partial charge in [-0.25, -0.2) is 0 Å². The second kappa shape index (κ2) is 3.40. The minimum Gasteiger partial charge on any atom is -0.497 e. The van der Waals surface area contributed by atoms with Crippen LogP contribution in [0.3, 0.4) is 0 Å². The van der Waals surface area contributed by atoms with E-state index in [-0.39, 0.29) is 5.41 Å². The Morgan fingerprint density at radius 1 is 1.33 bits per heavy atom. The van der Waals surface area contributed by atoms with Gasteiger partial charge in [-0.15, -0.1) is 0 Å². The second-order valence-corrected chi connectivity index (χ2v) is 5.69. The van der Waals surface area contributed by atoms with Crippen LogP contribution in [0, 0.1) is 17.3 Å². The Morgan fingerprint density at radius 3 is 2.67 bits per heavy atom. The molecule has 15 heavy (non-hydrogen) atoms. The molecule has 2 aliphatic rings. The predicted molar refractivity (Wildman–Crippen MR) is 63.5 cm³/mol. The molecule has 0 spiro atoms. The zero-order valence-electron chi connectivity index (χ0n) is 10.6. The lowest BCUT2D eigenvalue weighted by molar-refractivity contribution is 0.0385. The minimum atomic E-state index is 0.259. The maximum absolute atomic E-state index is 5.88. The molecule has 1 saturated heterocycles. The monoisotopic (exact) mass is 206 g/mol. The first-order chi connectivity index (χ1) is 6.94. The van der Waals surface area contributed by atoms with Crippen molar-refractivity contribution in [1.82, 2.24) is 0 Å². The molecule has 0 saturated carbocycles. The van der Waals surface area contributed by atoms with E-state index in [9.17, 15) is 0 Å². The van der Waals surface area contributed by atoms with E-state index in [1.165, 1.54) is 23.3 Å². The molecular weight excluding hydrogens is 184 g/mol. The first-order valence-electron chi connectivity index (χ1n) is 5.97. The predicted octanol–water partition coefficient (Wildman–Crippen LogP) is 3.92. The maximum atomic E-state index is 5.88. The van der Waals surface area contributed by atoms with Crippen LogP contribution in [0.5, 0.6) is 0 Å². The van der Waals surface area contributed by atoms with Crippen LogP contribution in [0.1, 0.15) is 41.0 Å². The SMILES string of the molecule is CC1=CC(C)=C2OCCC(C)C2C1(C)C. The molecule has 2 atom stereocenters. The van der Waals surface area contributed by atoms with E-state index in [1.54, 1.807) is 0 Å². The largest absolute Gasteiger partial charge is 0.497 e. The molecule has 0 aromatic rings. The van der Waals surface area contributed by atoms with Crippen molar-refractivity contribution in [1.29, 1.82) is 0 Å². The fraction of sp³-hybridized carbons (Fsp3) is 0.714. The molecule has 2 unspecified atom stereocenters. The summed E-state index contributed by atoms with van der Waals surface area (Å²) in [4.78, 5) is 0. The van der Waals surface area contributed by atoms with Gasteiger partial charge in [0.25, 0.3) is 0 Å². The zero-order valence-corrected chi connectivity index (χ0v) is 10.6. The zero-order chi connectivity index (χ0) is 11.2. The van der Waals surface area contributed by atoms with Gasteiger partial charge in [0.15, 0.2) is 0 Å². The van der Waals surface area contributed by atoms with E-state index >= 15 is 0 Å². The lowest BCUT2D eigenvalue weighted by Crippen LogP contribution is -2.39. The van der Waals surface area contributed by atoms with Gasteiger partial charge >= 0.3 is 0 Å². The van der Waals surface area contributed by atoms with Crippen molar-refractivity contribution in [3.8, 4) is 0 Å². The summed E-state index contributed by atoms with van der Waals surface area (Å²) < 4.78 is 5.88. The van der Waals surface area contributed by atoms with Gasteiger partial charge in [0, 0.05) is 5.92 Å². The van der Waals surface area contributed by atoms with Crippen molar-refractivity contribution in [3.05, 3.63) is 23.0 Å². The molecule has 2 rings (SSSR count). The lowest BCUT2D eigenvalue weighted by Gasteiger charge is -2.46. The smallest absolute Gasteiger partial charge is 0.103 e. The van der Waals surface area contributed by atoms with Gasteiger partial charge < -0.3 is 4.74 Å². The summed E-state index contributed by atoms with van der Waals surface area (Å²) >= 11 is 0. The Hall–Kier alpha value is -0.720. The van der Waals surface area contributed by atoms with E-state index in [1.807, 2.05) is 0 Å². The molecule has 1 aliphatic heterocycles. The molecule has 0 radical (unpaired) electrons. The van der Waals surface area contributed by atoms with E-state index in [0.29, 0.717) is 5.92 Å². The first kappa shape index (κ1) is 10.8. The number of hydrogen-bond donors (Lipinski definition) is 0. The highest BCUT2D eigenvalue weighted by molar-refractivity contribution is 5.36. The fourth-order valence-corrected chi connectivity index (χ4v) is 3.09. The summed E-state index contributed by atoms with van der Waals surface area (Å²) in [6, 6.07) is 0. The van der Waals surface area contributed by atoms with Gasteiger partial charge in [-0.2, -0.15) is 0 Å². The fourth-order valence-electron chi connectivity index (χ4n) is 3.09. The van der Waals surface area contributed by atoms with Crippen LogP contribution in [0.2, 0.25) is 0 Å². The summed E-state index contributed by atoms with van der Waals surface area (Å²) in [5, 5.41) is 0. The van der Waals surface area contributed by atoms with Crippen LogP contribution in [-0.2, 0) is 4.74 Å². The van der Waals surface area contributed by atoms with Crippen molar-refractivity contribution in [3.63, 3.8) is 0 Å². The average molecular weight is 206 g/mol. The summed E-state index contributed by atoms with van der Waals surface area (Å²) in [6.07, 6.45) is 3.49. The van der Waals surface area contributed by atoms with E-state index in [0.717, 1.165) is 12.5 Å². The van der Waals surface area contributed by atoms with Crippen LogP contribution in [0.4, 0.5) is 0 Å². The van der Waals surface area contributed by atoms with Crippen LogP contribution < -0.4 is 0 Å². The molecule has 1 heterocycles. The van der Waals surface area contributed by atoms with Crippen molar-refractivity contribution in [2.24, 2.45) is 17.3 Å². The van der Waals surface area contributed by atoms with Crippen LogP contribution >= 0.6 is 0 Å². The summed E-state index contributed by atoms with van der Waals surface area (Å²) in [5.41, 5.74) is 3.09. The van der Waals surface area contributed by atoms with E-state index in [2.05, 4.69) is 40.7 Å². The van der Waals surface area contributed by atoms with Gasteiger partial charge in [0.05, 0.1) is 6.61 Å². The number of allylic oxidation sites excluding steroid dienone is 4. The van der Waals surface area contributed by atoms with Gasteiger partial charge in [-0.1, -0.05) is 32.4 Å². The lowest BCUT2D eigenvalue weighted by atomic mass is 9.63. The standard InChI is InChI=1S/C14H22O/c1-9-6-7-15-13-10(2)8-11(3)14(4,5)12(9)13/h8-9,12H,6-7H2,1-5H3. The second-order valence-electron chi connectivity index (χ2n) is 5.69. The molecule has 0 aromatic heterocycles. The summed E-state index contributed by atoms with van der Waals surface area (Å²) in [5.74, 6) is 2.57. The van der Waals surface area contributed by atoms with Crippen LogP contribution in [0.15, 0.2) is 23.0 Å².